The van der Waals surface area contributed by atoms with Gasteiger partial charge in [-0.1, -0.05) is 0 Å². The molecule has 1 aliphatic heterocycles. The van der Waals surface area contributed by atoms with E-state index < -0.39 is 11.4 Å². The van der Waals surface area contributed by atoms with Crippen LogP contribution in [0.15, 0.2) is 12.3 Å². The fourth-order valence-corrected chi connectivity index (χ4v) is 2.39. The van der Waals surface area contributed by atoms with Gasteiger partial charge in [0.15, 0.2) is 11.6 Å². The van der Waals surface area contributed by atoms with Gasteiger partial charge >= 0.3 is 6.09 Å². The summed E-state index contributed by atoms with van der Waals surface area (Å²) < 4.78 is 29.9. The molecule has 1 aromatic heterocycles. The van der Waals surface area contributed by atoms with Crippen LogP contribution in [0.4, 0.5) is 15.0 Å². The Balaban J connectivity index is 1.91. The molecule has 2 rings (SSSR count). The standard InChI is InChI=1S/C17H26FN3O4/c1-17(2,3)25-16(22)21-7-5-20(6-8-21)15-14(18)11-13(12-19-15)24-10-9-23-4/h11-12H,5-10H2,1-4H3. The van der Waals surface area contributed by atoms with Crippen LogP contribution in [-0.4, -0.2) is 68.1 Å². The summed E-state index contributed by atoms with van der Waals surface area (Å²) in [7, 11) is 1.57. The smallest absolute Gasteiger partial charge is 0.410 e. The highest BCUT2D eigenvalue weighted by Crippen LogP contribution is 2.22. The Morgan fingerprint density at radius 3 is 2.48 bits per heavy atom. The molecule has 140 valence electrons. The lowest BCUT2D eigenvalue weighted by Gasteiger charge is -2.36. The minimum absolute atomic E-state index is 0.267. The maximum atomic E-state index is 14.3. The highest BCUT2D eigenvalue weighted by molar-refractivity contribution is 5.68. The van der Waals surface area contributed by atoms with Gasteiger partial charge in [0.25, 0.3) is 0 Å². The number of methoxy groups -OCH3 is 1. The lowest BCUT2D eigenvalue weighted by molar-refractivity contribution is 0.0240. The molecular weight excluding hydrogens is 329 g/mol. The predicted molar refractivity (Wildman–Crippen MR) is 91.6 cm³/mol. The van der Waals surface area contributed by atoms with Crippen LogP contribution in [0, 0.1) is 5.82 Å². The molecule has 1 aromatic rings. The minimum Gasteiger partial charge on any atom is -0.489 e. The number of aromatic nitrogens is 1. The van der Waals surface area contributed by atoms with Crippen molar-refractivity contribution in [1.29, 1.82) is 0 Å². The molecule has 25 heavy (non-hydrogen) atoms. The first-order valence-electron chi connectivity index (χ1n) is 8.30. The van der Waals surface area contributed by atoms with Gasteiger partial charge in [-0.15, -0.1) is 0 Å². The number of piperazine rings is 1. The first-order chi connectivity index (χ1) is 11.8. The lowest BCUT2D eigenvalue weighted by Crippen LogP contribution is -2.50. The van der Waals surface area contributed by atoms with Crippen molar-refractivity contribution in [2.45, 2.75) is 26.4 Å². The van der Waals surface area contributed by atoms with Crippen LogP contribution < -0.4 is 9.64 Å². The third kappa shape index (κ3) is 5.74. The van der Waals surface area contributed by atoms with Crippen molar-refractivity contribution in [2.75, 3.05) is 51.4 Å². The van der Waals surface area contributed by atoms with Gasteiger partial charge in [-0.05, 0) is 20.8 Å². The van der Waals surface area contributed by atoms with E-state index in [0.29, 0.717) is 45.1 Å². The predicted octanol–water partition coefficient (Wildman–Crippen LogP) is 2.30. The van der Waals surface area contributed by atoms with Gasteiger partial charge in [0.05, 0.1) is 12.8 Å². The molecule has 2 heterocycles. The first-order valence-corrected chi connectivity index (χ1v) is 8.30. The Morgan fingerprint density at radius 1 is 1.24 bits per heavy atom. The van der Waals surface area contributed by atoms with Gasteiger partial charge in [0.1, 0.15) is 18.0 Å². The number of nitrogens with zero attached hydrogens (tertiary/aromatic N) is 3. The van der Waals surface area contributed by atoms with Crippen molar-refractivity contribution in [2.24, 2.45) is 0 Å². The number of ether oxygens (including phenoxy) is 3. The Kier molecular flexibility index (Phi) is 6.41. The summed E-state index contributed by atoms with van der Waals surface area (Å²) >= 11 is 0. The Labute approximate surface area is 147 Å². The van der Waals surface area contributed by atoms with Crippen LogP contribution >= 0.6 is 0 Å². The molecule has 0 atom stereocenters. The van der Waals surface area contributed by atoms with Crippen molar-refractivity contribution in [3.63, 3.8) is 0 Å². The van der Waals surface area contributed by atoms with Crippen LogP contribution in [0.25, 0.3) is 0 Å². The molecule has 0 aliphatic carbocycles. The third-order valence-electron chi connectivity index (χ3n) is 3.58. The minimum atomic E-state index is -0.527. The van der Waals surface area contributed by atoms with Crippen LogP contribution in [0.3, 0.4) is 0 Å². The van der Waals surface area contributed by atoms with E-state index in [2.05, 4.69) is 4.98 Å². The topological polar surface area (TPSA) is 64.1 Å². The summed E-state index contributed by atoms with van der Waals surface area (Å²) in [5.74, 6) is 0.189. The van der Waals surface area contributed by atoms with Crippen molar-refractivity contribution >= 4 is 11.9 Å². The van der Waals surface area contributed by atoms with Crippen molar-refractivity contribution in [3.05, 3.63) is 18.1 Å². The molecule has 0 aromatic carbocycles. The molecule has 0 spiro atoms. The fraction of sp³-hybridized carbons (Fsp3) is 0.647. The van der Waals surface area contributed by atoms with E-state index in [4.69, 9.17) is 14.2 Å². The number of hydrogen-bond acceptors (Lipinski definition) is 6. The largest absolute Gasteiger partial charge is 0.489 e. The molecule has 8 heteroatoms. The van der Waals surface area contributed by atoms with Gasteiger partial charge < -0.3 is 24.0 Å². The number of halogens is 1. The second kappa shape index (κ2) is 8.33. The normalized spacial score (nSPS) is 15.2. The first kappa shape index (κ1) is 19.2. The van der Waals surface area contributed by atoms with Crippen LogP contribution in [0.2, 0.25) is 0 Å². The SMILES string of the molecule is COCCOc1cnc(N2CCN(C(=O)OC(C)(C)C)CC2)c(F)c1. The highest BCUT2D eigenvalue weighted by Gasteiger charge is 2.27. The molecule has 0 radical (unpaired) electrons. The molecular formula is C17H26FN3O4. The summed E-state index contributed by atoms with van der Waals surface area (Å²) in [6.45, 7) is 8.16. The molecule has 7 nitrogen and oxygen atoms in total. The van der Waals surface area contributed by atoms with Crippen LogP contribution in [-0.2, 0) is 9.47 Å². The number of pyridine rings is 1. The van der Waals surface area contributed by atoms with E-state index in [0.717, 1.165) is 0 Å². The average molecular weight is 355 g/mol. The van der Waals surface area contributed by atoms with E-state index in [1.54, 1.807) is 12.0 Å². The summed E-state index contributed by atoms with van der Waals surface area (Å²) in [5, 5.41) is 0. The van der Waals surface area contributed by atoms with Crippen LogP contribution in [0.1, 0.15) is 20.8 Å². The summed E-state index contributed by atoms with van der Waals surface area (Å²) in [5.41, 5.74) is -0.527. The zero-order valence-corrected chi connectivity index (χ0v) is 15.2. The maximum absolute atomic E-state index is 14.3. The quantitative estimate of drug-likeness (QED) is 0.755. The van der Waals surface area contributed by atoms with E-state index in [9.17, 15) is 9.18 Å². The third-order valence-corrected chi connectivity index (χ3v) is 3.58. The molecule has 0 bridgehead atoms. The van der Waals surface area contributed by atoms with Crippen molar-refractivity contribution in [3.8, 4) is 5.75 Å². The van der Waals surface area contributed by atoms with Gasteiger partial charge in [-0.3, -0.25) is 0 Å². The van der Waals surface area contributed by atoms with Gasteiger partial charge in [0, 0.05) is 39.4 Å². The Morgan fingerprint density at radius 2 is 1.92 bits per heavy atom. The summed E-state index contributed by atoms with van der Waals surface area (Å²) in [6, 6.07) is 1.32. The van der Waals surface area contributed by atoms with Gasteiger partial charge in [-0.2, -0.15) is 0 Å². The Hall–Kier alpha value is -2.09. The molecule has 0 N–H and O–H groups in total. The molecule has 0 saturated carbocycles. The number of amides is 1. The maximum Gasteiger partial charge on any atom is 0.410 e. The molecule has 0 unspecified atom stereocenters. The van der Waals surface area contributed by atoms with Crippen LogP contribution in [0.5, 0.6) is 5.75 Å². The highest BCUT2D eigenvalue weighted by atomic mass is 19.1. The molecule has 1 fully saturated rings. The zero-order valence-electron chi connectivity index (χ0n) is 15.2. The van der Waals surface area contributed by atoms with Crippen molar-refractivity contribution < 1.29 is 23.4 Å². The van der Waals surface area contributed by atoms with E-state index in [1.807, 2.05) is 25.7 Å². The zero-order chi connectivity index (χ0) is 18.4. The van der Waals surface area contributed by atoms with E-state index >= 15 is 0 Å². The number of rotatable bonds is 5. The number of hydrogen-bond donors (Lipinski definition) is 0. The van der Waals surface area contributed by atoms with E-state index in [-0.39, 0.29) is 11.9 Å². The summed E-state index contributed by atoms with van der Waals surface area (Å²) in [6.07, 6.45) is 1.15. The molecule has 1 aliphatic rings. The monoisotopic (exact) mass is 355 g/mol. The lowest BCUT2D eigenvalue weighted by atomic mass is 10.2. The number of carbonyl (C=O) groups is 1. The van der Waals surface area contributed by atoms with Crippen molar-refractivity contribution in [1.82, 2.24) is 9.88 Å². The average Bonchev–Trinajstić information content (AvgIpc) is 2.54. The fourth-order valence-electron chi connectivity index (χ4n) is 2.39. The van der Waals surface area contributed by atoms with E-state index in [1.165, 1.54) is 12.3 Å². The van der Waals surface area contributed by atoms with Gasteiger partial charge in [0.2, 0.25) is 0 Å². The molecule has 1 saturated heterocycles. The van der Waals surface area contributed by atoms with Gasteiger partial charge in [-0.25, -0.2) is 14.2 Å². The second-order valence-electron chi connectivity index (χ2n) is 6.77. The Bertz CT molecular complexity index is 584. The molecule has 1 amide bonds. The number of carbonyl (C=O) groups excluding carboxylic acids is 1. The second-order valence-corrected chi connectivity index (χ2v) is 6.77. The summed E-state index contributed by atoms with van der Waals surface area (Å²) in [4.78, 5) is 19.7. The number of anilines is 1.